The maximum absolute atomic E-state index is 8.14. The topological polar surface area (TPSA) is 18.5 Å². The van der Waals surface area contributed by atoms with Crippen LogP contribution in [0.1, 0.15) is 25.7 Å². The Morgan fingerprint density at radius 1 is 0.432 bits per heavy atom. The highest BCUT2D eigenvalue weighted by Crippen LogP contribution is 2.42. The average Bonchev–Trinajstić information content (AvgIpc) is 3.67. The fraction of sp³-hybridized carbons (Fsp3) is 0.128. The first kappa shape index (κ1) is 30.2. The summed E-state index contributed by atoms with van der Waals surface area (Å²) >= 11 is 0. The molecule has 220 valence electrons. The van der Waals surface area contributed by atoms with E-state index in [1.165, 1.54) is 38.8 Å². The smallest absolute Gasteiger partial charge is 0.356 e. The number of benzene rings is 5. The molecule has 0 aromatic heterocycles. The second-order valence-electron chi connectivity index (χ2n) is 11.6. The molecule has 0 heterocycles. The molecule has 0 aliphatic heterocycles. The molecular formula is C39H40O2Si3. The Labute approximate surface area is 265 Å². The molecule has 0 spiro atoms. The van der Waals surface area contributed by atoms with Crippen molar-refractivity contribution in [1.82, 2.24) is 0 Å². The minimum Gasteiger partial charge on any atom is -0.422 e. The van der Waals surface area contributed by atoms with Crippen LogP contribution in [0.5, 0.6) is 0 Å². The van der Waals surface area contributed by atoms with Gasteiger partial charge in [0.05, 0.1) is 0 Å². The van der Waals surface area contributed by atoms with E-state index in [-0.39, 0.29) is 5.54 Å². The van der Waals surface area contributed by atoms with Crippen LogP contribution < -0.4 is 25.9 Å². The zero-order valence-corrected chi connectivity index (χ0v) is 28.2. The highest BCUT2D eigenvalue weighted by Gasteiger charge is 2.58. The molecule has 2 nitrogen and oxygen atoms in total. The molecule has 1 fully saturated rings. The Morgan fingerprint density at radius 2 is 0.705 bits per heavy atom. The van der Waals surface area contributed by atoms with Crippen LogP contribution in [-0.2, 0) is 8.23 Å². The molecule has 0 N–H and O–H groups in total. The van der Waals surface area contributed by atoms with Crippen molar-refractivity contribution in [1.29, 1.82) is 0 Å². The van der Waals surface area contributed by atoms with Crippen molar-refractivity contribution in [2.75, 3.05) is 0 Å². The van der Waals surface area contributed by atoms with Crippen LogP contribution in [0.15, 0.2) is 176 Å². The SMILES string of the molecule is C=C[Si](O[Si](O[Si](C=C)(c1ccccc1)c1ccccc1)(c1ccccc1)C1CCCC1)(c1ccccc1)c1ccccc1. The van der Waals surface area contributed by atoms with E-state index in [1.807, 2.05) is 0 Å². The monoisotopic (exact) mass is 624 g/mol. The molecule has 0 amide bonds. The van der Waals surface area contributed by atoms with E-state index in [0.29, 0.717) is 0 Å². The molecule has 0 unspecified atom stereocenters. The predicted molar refractivity (Wildman–Crippen MR) is 192 cm³/mol. The molecular weight excluding hydrogens is 585 g/mol. The maximum Gasteiger partial charge on any atom is 0.356 e. The van der Waals surface area contributed by atoms with Gasteiger partial charge in [-0.3, -0.25) is 0 Å². The second-order valence-corrected chi connectivity index (χ2v) is 22.0. The van der Waals surface area contributed by atoms with Crippen molar-refractivity contribution in [3.63, 3.8) is 0 Å². The molecule has 1 aliphatic carbocycles. The molecule has 1 saturated carbocycles. The summed E-state index contributed by atoms with van der Waals surface area (Å²) in [6, 6.07) is 53.8. The number of hydrogen-bond acceptors (Lipinski definition) is 2. The minimum atomic E-state index is -3.30. The van der Waals surface area contributed by atoms with Crippen LogP contribution in [0.3, 0.4) is 0 Å². The summed E-state index contributed by atoms with van der Waals surface area (Å²) in [4.78, 5) is 0. The maximum atomic E-state index is 8.14. The fourth-order valence-corrected chi connectivity index (χ4v) is 22.7. The first-order chi connectivity index (χ1) is 21.7. The highest BCUT2D eigenvalue weighted by molar-refractivity contribution is 7.11. The first-order valence-corrected chi connectivity index (χ1v) is 21.5. The van der Waals surface area contributed by atoms with Gasteiger partial charge in [-0.1, -0.05) is 176 Å². The van der Waals surface area contributed by atoms with Crippen molar-refractivity contribution in [3.05, 3.63) is 176 Å². The Hall–Kier alpha value is -3.85. The average molecular weight is 625 g/mol. The van der Waals surface area contributed by atoms with Gasteiger partial charge in [-0.25, -0.2) is 0 Å². The second kappa shape index (κ2) is 13.4. The normalized spacial score (nSPS) is 14.3. The molecule has 0 bridgehead atoms. The third-order valence-electron chi connectivity index (χ3n) is 9.08. The van der Waals surface area contributed by atoms with Crippen LogP contribution in [0, 0.1) is 0 Å². The first-order valence-electron chi connectivity index (χ1n) is 15.6. The summed E-state index contributed by atoms with van der Waals surface area (Å²) < 4.78 is 16.3. The summed E-state index contributed by atoms with van der Waals surface area (Å²) in [6.45, 7) is 9.04. The van der Waals surface area contributed by atoms with Crippen molar-refractivity contribution in [2.45, 2.75) is 31.2 Å². The number of rotatable bonds is 12. The molecule has 0 atom stereocenters. The molecule has 5 aromatic carbocycles. The molecule has 0 saturated heterocycles. The number of hydrogen-bond donors (Lipinski definition) is 0. The summed E-state index contributed by atoms with van der Waals surface area (Å²) in [5.74, 6) is 0. The molecule has 5 aromatic rings. The standard InChI is InChI=1S/C39H40O2Si3/c1-3-42(34-22-10-5-11-23-34,35-24-12-6-13-25-35)40-44(39-32-20-21-33-39,38-30-18-9-19-31-38)41-43(4-2,36-26-14-7-15-27-36)37-28-16-8-17-29-37/h3-19,22-31,39H,1-2,20-21,32-33H2. The zero-order valence-electron chi connectivity index (χ0n) is 25.2. The van der Waals surface area contributed by atoms with Crippen LogP contribution in [-0.4, -0.2) is 25.2 Å². The van der Waals surface area contributed by atoms with Gasteiger partial charge in [-0.15, -0.1) is 13.2 Å². The van der Waals surface area contributed by atoms with Crippen molar-refractivity contribution in [2.24, 2.45) is 0 Å². The molecule has 1 aliphatic rings. The summed E-state index contributed by atoms with van der Waals surface area (Å²) in [5.41, 5.74) is 4.54. The van der Waals surface area contributed by atoms with Gasteiger partial charge in [-0.2, -0.15) is 0 Å². The summed E-state index contributed by atoms with van der Waals surface area (Å²) in [5, 5.41) is 5.91. The summed E-state index contributed by atoms with van der Waals surface area (Å²) in [7, 11) is -9.37. The van der Waals surface area contributed by atoms with E-state index in [1.54, 1.807) is 0 Å². The van der Waals surface area contributed by atoms with E-state index in [2.05, 4.69) is 176 Å². The van der Waals surface area contributed by atoms with Gasteiger partial charge in [0.25, 0.3) is 16.6 Å². The van der Waals surface area contributed by atoms with Gasteiger partial charge < -0.3 is 8.23 Å². The van der Waals surface area contributed by atoms with E-state index in [0.717, 1.165) is 12.8 Å². The molecule has 0 radical (unpaired) electrons. The van der Waals surface area contributed by atoms with Gasteiger partial charge in [-0.05, 0) is 38.8 Å². The van der Waals surface area contributed by atoms with Crippen molar-refractivity contribution >= 4 is 51.1 Å². The summed E-state index contributed by atoms with van der Waals surface area (Å²) in [6.07, 6.45) is 4.52. The van der Waals surface area contributed by atoms with Gasteiger partial charge in [0.1, 0.15) is 0 Å². The van der Waals surface area contributed by atoms with Gasteiger partial charge >= 0.3 is 8.56 Å². The Morgan fingerprint density at radius 3 is 0.977 bits per heavy atom. The van der Waals surface area contributed by atoms with E-state index >= 15 is 0 Å². The van der Waals surface area contributed by atoms with Crippen molar-refractivity contribution in [3.8, 4) is 0 Å². The lowest BCUT2D eigenvalue weighted by Gasteiger charge is -2.48. The van der Waals surface area contributed by atoms with Gasteiger partial charge in [0.2, 0.25) is 0 Å². The van der Waals surface area contributed by atoms with Crippen LogP contribution in [0.2, 0.25) is 5.54 Å². The van der Waals surface area contributed by atoms with Crippen LogP contribution in [0.25, 0.3) is 0 Å². The largest absolute Gasteiger partial charge is 0.422 e. The molecule has 5 heteroatoms. The zero-order chi connectivity index (χ0) is 30.3. The fourth-order valence-electron chi connectivity index (χ4n) is 6.86. The Bertz CT molecular complexity index is 1460. The highest BCUT2D eigenvalue weighted by atomic mass is 28.5. The van der Waals surface area contributed by atoms with Crippen molar-refractivity contribution < 1.29 is 8.23 Å². The lowest BCUT2D eigenvalue weighted by Crippen LogP contribution is -2.75. The van der Waals surface area contributed by atoms with Crippen LogP contribution in [0.4, 0.5) is 0 Å². The predicted octanol–water partition coefficient (Wildman–Crippen LogP) is 6.28. The molecule has 44 heavy (non-hydrogen) atoms. The lowest BCUT2D eigenvalue weighted by atomic mass is 10.4. The van der Waals surface area contributed by atoms with Gasteiger partial charge in [0, 0.05) is 5.54 Å². The van der Waals surface area contributed by atoms with Gasteiger partial charge in [0.15, 0.2) is 0 Å². The van der Waals surface area contributed by atoms with Crippen LogP contribution >= 0.6 is 0 Å². The third kappa shape index (κ3) is 5.58. The lowest BCUT2D eigenvalue weighted by molar-refractivity contribution is 0.385. The Balaban J connectivity index is 1.67. The minimum absolute atomic E-state index is 0.281. The quantitative estimate of drug-likeness (QED) is 0.152. The third-order valence-corrected chi connectivity index (χ3v) is 22.8. The van der Waals surface area contributed by atoms with E-state index < -0.39 is 25.2 Å². The van der Waals surface area contributed by atoms with E-state index in [4.69, 9.17) is 8.23 Å². The Kier molecular flexibility index (Phi) is 9.21. The molecule has 6 rings (SSSR count). The van der Waals surface area contributed by atoms with E-state index in [9.17, 15) is 0 Å².